The second kappa shape index (κ2) is 9.26. The third-order valence-corrected chi connectivity index (χ3v) is 7.42. The van der Waals surface area contributed by atoms with Crippen molar-refractivity contribution in [3.63, 3.8) is 0 Å². The molecule has 1 fully saturated rings. The van der Waals surface area contributed by atoms with Crippen LogP contribution in [0.4, 0.5) is 0 Å². The summed E-state index contributed by atoms with van der Waals surface area (Å²) in [6.45, 7) is 1.49. The number of sulfonamides is 1. The Balaban J connectivity index is 1.68. The summed E-state index contributed by atoms with van der Waals surface area (Å²) in [5.74, 6) is -0.256. The maximum absolute atomic E-state index is 12.6. The molecule has 1 saturated heterocycles. The van der Waals surface area contributed by atoms with Gasteiger partial charge >= 0.3 is 0 Å². The second-order valence-electron chi connectivity index (χ2n) is 7.35. The van der Waals surface area contributed by atoms with Crippen molar-refractivity contribution in [1.82, 2.24) is 14.5 Å². The van der Waals surface area contributed by atoms with Gasteiger partial charge in [-0.3, -0.25) is 4.79 Å². The number of halogens is 1. The summed E-state index contributed by atoms with van der Waals surface area (Å²) in [6, 6.07) is 13.6. The zero-order valence-corrected chi connectivity index (χ0v) is 18.2. The fourth-order valence-corrected chi connectivity index (χ4v) is 5.24. The lowest BCUT2D eigenvalue weighted by molar-refractivity contribution is 0.0942. The molecule has 1 amide bonds. The summed E-state index contributed by atoms with van der Waals surface area (Å²) >= 11 is 6.31. The van der Waals surface area contributed by atoms with Gasteiger partial charge in [-0.2, -0.15) is 4.31 Å². The van der Waals surface area contributed by atoms with Gasteiger partial charge < -0.3 is 10.2 Å². The van der Waals surface area contributed by atoms with E-state index in [0.717, 1.165) is 18.4 Å². The predicted octanol–water partition coefficient (Wildman–Crippen LogP) is 3.16. The van der Waals surface area contributed by atoms with Crippen LogP contribution in [0.2, 0.25) is 5.02 Å². The molecule has 2 aromatic rings. The molecule has 1 aliphatic rings. The van der Waals surface area contributed by atoms with Crippen LogP contribution in [0, 0.1) is 0 Å². The topological polar surface area (TPSA) is 69.7 Å². The van der Waals surface area contributed by atoms with Crippen LogP contribution in [0.1, 0.15) is 34.8 Å². The number of nitrogens with zero attached hydrogens (tertiary/aromatic N) is 2. The minimum Gasteiger partial charge on any atom is -0.350 e. The Hall–Kier alpha value is -1.93. The molecule has 0 aliphatic carbocycles. The average Bonchev–Trinajstić information content (AvgIpc) is 3.25. The number of nitrogens with one attached hydrogen (secondary N) is 1. The Morgan fingerprint density at radius 3 is 2.31 bits per heavy atom. The highest BCUT2D eigenvalue weighted by atomic mass is 35.5. The Kier molecular flexibility index (Phi) is 6.95. The summed E-state index contributed by atoms with van der Waals surface area (Å²) < 4.78 is 26.7. The van der Waals surface area contributed by atoms with E-state index in [4.69, 9.17) is 11.6 Å². The summed E-state index contributed by atoms with van der Waals surface area (Å²) in [5, 5.41) is 3.57. The van der Waals surface area contributed by atoms with Crippen molar-refractivity contribution in [3.8, 4) is 0 Å². The molecule has 6 nitrogen and oxygen atoms in total. The third-order valence-electron chi connectivity index (χ3n) is 5.16. The first-order chi connectivity index (χ1) is 13.8. The van der Waals surface area contributed by atoms with Gasteiger partial charge in [0, 0.05) is 30.2 Å². The lowest BCUT2D eigenvalue weighted by Crippen LogP contribution is -2.34. The summed E-state index contributed by atoms with van der Waals surface area (Å²) in [6.07, 6.45) is 1.77. The molecule has 0 radical (unpaired) electrons. The number of hydrogen-bond acceptors (Lipinski definition) is 4. The van der Waals surface area contributed by atoms with Gasteiger partial charge in [-0.05, 0) is 62.8 Å². The molecule has 2 aromatic carbocycles. The molecule has 0 unspecified atom stereocenters. The molecular formula is C21H26ClN3O3S. The first kappa shape index (κ1) is 21.8. The highest BCUT2D eigenvalue weighted by Crippen LogP contribution is 2.25. The molecule has 1 N–H and O–H groups in total. The molecule has 0 bridgehead atoms. The van der Waals surface area contributed by atoms with Crippen molar-refractivity contribution < 1.29 is 13.2 Å². The van der Waals surface area contributed by atoms with E-state index < -0.39 is 10.0 Å². The van der Waals surface area contributed by atoms with E-state index in [-0.39, 0.29) is 16.8 Å². The van der Waals surface area contributed by atoms with Crippen molar-refractivity contribution in [1.29, 1.82) is 0 Å². The molecular weight excluding hydrogens is 410 g/mol. The molecule has 0 spiro atoms. The molecule has 1 atom stereocenters. The van der Waals surface area contributed by atoms with E-state index >= 15 is 0 Å². The monoisotopic (exact) mass is 435 g/mol. The number of hydrogen-bond donors (Lipinski definition) is 1. The van der Waals surface area contributed by atoms with Crippen LogP contribution in [0.3, 0.4) is 0 Å². The molecule has 29 heavy (non-hydrogen) atoms. The fourth-order valence-electron chi connectivity index (χ4n) is 3.46. The fraction of sp³-hybridized carbons (Fsp3) is 0.381. The normalized spacial score (nSPS) is 16.1. The number of likely N-dealkylation sites (N-methyl/N-ethyl adjacent to an activating group) is 1. The molecule has 3 rings (SSSR count). The Bertz CT molecular complexity index is 955. The highest BCUT2D eigenvalue weighted by Gasteiger charge is 2.27. The summed E-state index contributed by atoms with van der Waals surface area (Å²) in [4.78, 5) is 14.8. The predicted molar refractivity (Wildman–Crippen MR) is 115 cm³/mol. The van der Waals surface area contributed by atoms with Crippen molar-refractivity contribution >= 4 is 27.5 Å². The van der Waals surface area contributed by atoms with Crippen molar-refractivity contribution in [2.45, 2.75) is 23.8 Å². The largest absolute Gasteiger partial charge is 0.350 e. The first-order valence-corrected chi connectivity index (χ1v) is 11.4. The number of rotatable bonds is 7. The van der Waals surface area contributed by atoms with Gasteiger partial charge in [0.2, 0.25) is 10.0 Å². The van der Waals surface area contributed by atoms with Gasteiger partial charge in [-0.15, -0.1) is 0 Å². The third kappa shape index (κ3) is 4.98. The average molecular weight is 436 g/mol. The minimum absolute atomic E-state index is 0.0810. The van der Waals surface area contributed by atoms with Crippen LogP contribution in [0.5, 0.6) is 0 Å². The van der Waals surface area contributed by atoms with Crippen LogP contribution in [-0.2, 0) is 10.0 Å². The molecule has 0 aromatic heterocycles. The van der Waals surface area contributed by atoms with Gasteiger partial charge in [0.05, 0.1) is 10.9 Å². The van der Waals surface area contributed by atoms with Gasteiger partial charge in [-0.1, -0.05) is 29.8 Å². The number of carbonyl (C=O) groups excluding carboxylic acids is 1. The van der Waals surface area contributed by atoms with Crippen molar-refractivity contribution in [2.75, 3.05) is 33.7 Å². The summed E-state index contributed by atoms with van der Waals surface area (Å²) in [5.41, 5.74) is 1.36. The van der Waals surface area contributed by atoms with Gasteiger partial charge in [0.15, 0.2) is 0 Å². The van der Waals surface area contributed by atoms with Gasteiger partial charge in [-0.25, -0.2) is 8.42 Å². The van der Waals surface area contributed by atoms with E-state index in [0.29, 0.717) is 30.2 Å². The molecule has 156 valence electrons. The van der Waals surface area contributed by atoms with Gasteiger partial charge in [0.1, 0.15) is 0 Å². The maximum atomic E-state index is 12.6. The zero-order valence-electron chi connectivity index (χ0n) is 16.6. The van der Waals surface area contributed by atoms with E-state index in [2.05, 4.69) is 5.32 Å². The van der Waals surface area contributed by atoms with Gasteiger partial charge in [0.25, 0.3) is 5.91 Å². The quantitative estimate of drug-likeness (QED) is 0.725. The molecule has 0 saturated carbocycles. The molecule has 1 heterocycles. The Morgan fingerprint density at radius 1 is 1.10 bits per heavy atom. The van der Waals surface area contributed by atoms with Crippen LogP contribution in [-0.4, -0.2) is 57.3 Å². The Labute approximate surface area is 177 Å². The first-order valence-electron chi connectivity index (χ1n) is 9.60. The van der Waals surface area contributed by atoms with Crippen LogP contribution in [0.25, 0.3) is 0 Å². The highest BCUT2D eigenvalue weighted by molar-refractivity contribution is 7.89. The molecule has 8 heteroatoms. The van der Waals surface area contributed by atoms with Crippen LogP contribution < -0.4 is 5.32 Å². The molecule has 1 aliphatic heterocycles. The standard InChI is InChI=1S/C21H26ClN3O3S/c1-24(2)20(18-7-3-4-8-19(18)22)15-23-21(26)16-9-11-17(12-10-16)29(27,28)25-13-5-6-14-25/h3-4,7-12,20H,5-6,13-15H2,1-2H3,(H,23,26)/t20-/m0/s1. The van der Waals surface area contributed by atoms with Crippen molar-refractivity contribution in [2.24, 2.45) is 0 Å². The second-order valence-corrected chi connectivity index (χ2v) is 9.69. The van der Waals surface area contributed by atoms with E-state index in [1.807, 2.05) is 43.3 Å². The van der Waals surface area contributed by atoms with E-state index in [1.54, 1.807) is 12.1 Å². The smallest absolute Gasteiger partial charge is 0.251 e. The van der Waals surface area contributed by atoms with Crippen LogP contribution >= 0.6 is 11.6 Å². The Morgan fingerprint density at radius 2 is 1.72 bits per heavy atom. The number of carbonyl (C=O) groups is 1. The lowest BCUT2D eigenvalue weighted by Gasteiger charge is -2.26. The lowest BCUT2D eigenvalue weighted by atomic mass is 10.1. The van der Waals surface area contributed by atoms with E-state index in [1.165, 1.54) is 16.4 Å². The summed E-state index contributed by atoms with van der Waals surface area (Å²) in [7, 11) is 0.379. The van der Waals surface area contributed by atoms with Crippen molar-refractivity contribution in [3.05, 3.63) is 64.7 Å². The minimum atomic E-state index is -3.48. The zero-order chi connectivity index (χ0) is 21.0. The SMILES string of the molecule is CN(C)[C@@H](CNC(=O)c1ccc(S(=O)(=O)N2CCCC2)cc1)c1ccccc1Cl. The number of benzene rings is 2. The van der Waals surface area contributed by atoms with E-state index in [9.17, 15) is 13.2 Å². The van der Waals surface area contributed by atoms with Crippen LogP contribution in [0.15, 0.2) is 53.4 Å². The number of amides is 1. The maximum Gasteiger partial charge on any atom is 0.251 e.